The van der Waals surface area contributed by atoms with Crippen LogP contribution in [0.2, 0.25) is 0 Å². The third-order valence-corrected chi connectivity index (χ3v) is 4.16. The first kappa shape index (κ1) is 18.1. The minimum atomic E-state index is -0.590. The Labute approximate surface area is 155 Å². The summed E-state index contributed by atoms with van der Waals surface area (Å²) >= 11 is 0. The summed E-state index contributed by atoms with van der Waals surface area (Å²) in [5, 5.41) is 13.9. The Balaban J connectivity index is 2.00. The Bertz CT molecular complexity index is 983. The average molecular weight is 366 g/mol. The number of benzene rings is 2. The molecule has 2 aromatic carbocycles. The third-order valence-electron chi connectivity index (χ3n) is 4.16. The first-order valence-electron chi connectivity index (χ1n) is 8.16. The molecule has 0 unspecified atom stereocenters. The summed E-state index contributed by atoms with van der Waals surface area (Å²) in [6.45, 7) is 0. The molecule has 1 aromatic heterocycles. The summed E-state index contributed by atoms with van der Waals surface area (Å²) in [5.41, 5.74) is 0.778. The van der Waals surface area contributed by atoms with Crippen molar-refractivity contribution in [1.29, 1.82) is 0 Å². The van der Waals surface area contributed by atoms with E-state index >= 15 is 0 Å². The lowest BCUT2D eigenvalue weighted by Crippen LogP contribution is -2.31. The number of para-hydroxylation sites is 1. The summed E-state index contributed by atoms with van der Waals surface area (Å²) in [4.78, 5) is 27.6. The summed E-state index contributed by atoms with van der Waals surface area (Å²) in [6.07, 6.45) is 3.41. The van der Waals surface area contributed by atoms with Gasteiger partial charge in [-0.15, -0.1) is 0 Å². The number of amides is 1. The van der Waals surface area contributed by atoms with E-state index < -0.39 is 16.9 Å². The van der Waals surface area contributed by atoms with Crippen molar-refractivity contribution in [3.63, 3.8) is 0 Å². The number of aryl methyl sites for hydroxylation is 1. The number of nitro benzene ring substituents is 1. The smallest absolute Gasteiger partial charge is 0.270 e. The number of nitro groups is 1. The molecule has 0 saturated heterocycles. The highest BCUT2D eigenvalue weighted by atomic mass is 16.6. The van der Waals surface area contributed by atoms with E-state index in [0.29, 0.717) is 11.6 Å². The molecule has 0 aliphatic carbocycles. The van der Waals surface area contributed by atoms with Gasteiger partial charge < -0.3 is 14.6 Å². The Morgan fingerprint density at radius 1 is 1.26 bits per heavy atom. The lowest BCUT2D eigenvalue weighted by molar-refractivity contribution is -0.384. The van der Waals surface area contributed by atoms with Crippen molar-refractivity contribution in [3.8, 4) is 5.75 Å². The predicted molar refractivity (Wildman–Crippen MR) is 98.6 cm³/mol. The number of aromatic nitrogens is 2. The van der Waals surface area contributed by atoms with E-state index in [1.54, 1.807) is 30.1 Å². The molecule has 0 bridgehead atoms. The zero-order valence-electron chi connectivity index (χ0n) is 14.8. The van der Waals surface area contributed by atoms with Crippen LogP contribution in [0, 0.1) is 10.1 Å². The fraction of sp³-hybridized carbons (Fsp3) is 0.158. The highest BCUT2D eigenvalue weighted by Crippen LogP contribution is 2.29. The van der Waals surface area contributed by atoms with Gasteiger partial charge in [0.1, 0.15) is 17.6 Å². The minimum absolute atomic E-state index is 0.145. The Morgan fingerprint density at radius 3 is 2.70 bits per heavy atom. The van der Waals surface area contributed by atoms with Crippen molar-refractivity contribution >= 4 is 11.6 Å². The van der Waals surface area contributed by atoms with E-state index in [1.165, 1.54) is 24.3 Å². The maximum atomic E-state index is 12.8. The molecule has 27 heavy (non-hydrogen) atoms. The van der Waals surface area contributed by atoms with E-state index in [1.807, 2.05) is 25.2 Å². The fourth-order valence-electron chi connectivity index (χ4n) is 2.82. The normalized spacial score (nSPS) is 11.6. The minimum Gasteiger partial charge on any atom is -0.496 e. The van der Waals surface area contributed by atoms with Gasteiger partial charge >= 0.3 is 0 Å². The highest BCUT2D eigenvalue weighted by molar-refractivity contribution is 5.95. The second-order valence-corrected chi connectivity index (χ2v) is 5.85. The Hall–Kier alpha value is -3.68. The average Bonchev–Trinajstić information content (AvgIpc) is 3.11. The second kappa shape index (κ2) is 7.69. The number of hydrogen-bond donors (Lipinski definition) is 1. The van der Waals surface area contributed by atoms with Crippen LogP contribution in [0.15, 0.2) is 60.9 Å². The highest BCUT2D eigenvalue weighted by Gasteiger charge is 2.24. The van der Waals surface area contributed by atoms with E-state index in [9.17, 15) is 14.9 Å². The lowest BCUT2D eigenvalue weighted by atomic mass is 10.0. The number of hydrogen-bond acceptors (Lipinski definition) is 5. The van der Waals surface area contributed by atoms with Crippen molar-refractivity contribution in [1.82, 2.24) is 14.9 Å². The summed E-state index contributed by atoms with van der Waals surface area (Å²) in [6, 6.07) is 12.3. The van der Waals surface area contributed by atoms with Crippen LogP contribution >= 0.6 is 0 Å². The van der Waals surface area contributed by atoms with Crippen LogP contribution in [-0.2, 0) is 7.05 Å². The second-order valence-electron chi connectivity index (χ2n) is 5.85. The van der Waals surface area contributed by atoms with Gasteiger partial charge in [-0.05, 0) is 12.1 Å². The van der Waals surface area contributed by atoms with Gasteiger partial charge in [0.2, 0.25) is 0 Å². The molecule has 1 amide bonds. The number of nitrogens with zero attached hydrogens (tertiary/aromatic N) is 3. The molecule has 3 aromatic rings. The van der Waals surface area contributed by atoms with Crippen LogP contribution in [-0.4, -0.2) is 27.5 Å². The molecule has 8 heteroatoms. The molecule has 1 heterocycles. The van der Waals surface area contributed by atoms with Gasteiger partial charge in [-0.2, -0.15) is 0 Å². The molecule has 138 valence electrons. The molecule has 0 radical (unpaired) electrons. The summed E-state index contributed by atoms with van der Waals surface area (Å²) < 4.78 is 7.22. The van der Waals surface area contributed by atoms with Crippen LogP contribution in [0.4, 0.5) is 5.69 Å². The van der Waals surface area contributed by atoms with Gasteiger partial charge in [-0.1, -0.05) is 24.3 Å². The van der Waals surface area contributed by atoms with Crippen molar-refractivity contribution < 1.29 is 14.5 Å². The molecule has 3 rings (SSSR count). The maximum absolute atomic E-state index is 12.8. The fourth-order valence-corrected chi connectivity index (χ4v) is 2.82. The molecular weight excluding hydrogens is 348 g/mol. The van der Waals surface area contributed by atoms with Crippen LogP contribution in [0.5, 0.6) is 5.75 Å². The topological polar surface area (TPSA) is 99.3 Å². The van der Waals surface area contributed by atoms with Crippen molar-refractivity contribution in [3.05, 3.63) is 88.0 Å². The van der Waals surface area contributed by atoms with Gasteiger partial charge in [0.25, 0.3) is 11.6 Å². The predicted octanol–water partition coefficient (Wildman–Crippen LogP) is 2.86. The molecule has 1 N–H and O–H groups in total. The van der Waals surface area contributed by atoms with Crippen molar-refractivity contribution in [2.75, 3.05) is 7.11 Å². The van der Waals surface area contributed by atoms with Crippen LogP contribution in [0.25, 0.3) is 0 Å². The number of imidazole rings is 1. The largest absolute Gasteiger partial charge is 0.496 e. The van der Waals surface area contributed by atoms with Gasteiger partial charge in [-0.25, -0.2) is 4.98 Å². The summed E-state index contributed by atoms with van der Waals surface area (Å²) in [5.74, 6) is 0.765. The van der Waals surface area contributed by atoms with Gasteiger partial charge in [-0.3, -0.25) is 14.9 Å². The monoisotopic (exact) mass is 366 g/mol. The van der Waals surface area contributed by atoms with Crippen LogP contribution in [0.3, 0.4) is 0 Å². The van der Waals surface area contributed by atoms with Gasteiger partial charge in [0.15, 0.2) is 0 Å². The molecule has 0 fully saturated rings. The first-order valence-corrected chi connectivity index (χ1v) is 8.16. The quantitative estimate of drug-likeness (QED) is 0.534. The van der Waals surface area contributed by atoms with Gasteiger partial charge in [0, 0.05) is 42.7 Å². The number of methoxy groups -OCH3 is 1. The molecule has 1 atom stereocenters. The molecule has 0 aliphatic rings. The Morgan fingerprint density at radius 2 is 2.04 bits per heavy atom. The van der Waals surface area contributed by atoms with Crippen molar-refractivity contribution in [2.24, 2.45) is 7.05 Å². The molecule has 0 aliphatic heterocycles. The molecule has 0 saturated carbocycles. The van der Waals surface area contributed by atoms with Crippen LogP contribution in [0.1, 0.15) is 27.8 Å². The zero-order chi connectivity index (χ0) is 19.4. The van der Waals surface area contributed by atoms with Crippen molar-refractivity contribution in [2.45, 2.75) is 6.04 Å². The SMILES string of the molecule is COc1ccccc1[C@H](NC(=O)c1cccc([N+](=O)[O-])c1)c1nccn1C. The van der Waals surface area contributed by atoms with Crippen LogP contribution < -0.4 is 10.1 Å². The number of rotatable bonds is 6. The number of non-ortho nitro benzene ring substituents is 1. The van der Waals surface area contributed by atoms with E-state index in [2.05, 4.69) is 10.3 Å². The number of carbonyl (C=O) groups is 1. The first-order chi connectivity index (χ1) is 13.0. The van der Waals surface area contributed by atoms with E-state index in [-0.39, 0.29) is 11.3 Å². The summed E-state index contributed by atoms with van der Waals surface area (Å²) in [7, 11) is 3.38. The van der Waals surface area contributed by atoms with Gasteiger partial charge in [0.05, 0.1) is 12.0 Å². The molecule has 8 nitrogen and oxygen atoms in total. The van der Waals surface area contributed by atoms with E-state index in [4.69, 9.17) is 4.74 Å². The standard InChI is InChI=1S/C19H18N4O4/c1-22-11-10-20-18(22)17(15-8-3-4-9-16(15)27-2)21-19(24)13-6-5-7-14(12-13)23(25)26/h3-12,17H,1-2H3,(H,21,24)/t17-/m0/s1. The number of ether oxygens (including phenoxy) is 1. The van der Waals surface area contributed by atoms with E-state index in [0.717, 1.165) is 5.56 Å². The number of nitrogens with one attached hydrogen (secondary N) is 1. The molecular formula is C19H18N4O4. The third kappa shape index (κ3) is 3.79. The lowest BCUT2D eigenvalue weighted by Gasteiger charge is -2.21. The Kier molecular flexibility index (Phi) is 5.16. The number of carbonyl (C=O) groups excluding carboxylic acids is 1. The zero-order valence-corrected chi connectivity index (χ0v) is 14.8. The molecule has 0 spiro atoms. The maximum Gasteiger partial charge on any atom is 0.270 e.